The van der Waals surface area contributed by atoms with E-state index in [1.807, 2.05) is 13.0 Å². The number of carbonyl (C=O) groups excluding carboxylic acids is 2. The summed E-state index contributed by atoms with van der Waals surface area (Å²) in [7, 11) is 1.28. The fourth-order valence-corrected chi connectivity index (χ4v) is 5.89. The predicted molar refractivity (Wildman–Crippen MR) is 151 cm³/mol. The zero-order chi connectivity index (χ0) is 27.5. The van der Waals surface area contributed by atoms with Crippen LogP contribution in [-0.2, 0) is 11.2 Å². The first-order chi connectivity index (χ1) is 18.3. The Labute approximate surface area is 228 Å². The van der Waals surface area contributed by atoms with E-state index in [4.69, 9.17) is 4.42 Å². The van der Waals surface area contributed by atoms with Crippen molar-refractivity contribution in [3.05, 3.63) is 67.5 Å². The van der Waals surface area contributed by atoms with Gasteiger partial charge in [-0.05, 0) is 62.3 Å². The van der Waals surface area contributed by atoms with Crippen molar-refractivity contribution in [1.29, 1.82) is 0 Å². The smallest absolute Gasteiger partial charge is 0.410 e. The molecule has 2 aromatic rings. The summed E-state index contributed by atoms with van der Waals surface area (Å²) >= 11 is 1.66. The molecule has 0 radical (unpaired) electrons. The Morgan fingerprint density at radius 1 is 1.26 bits per heavy atom. The number of hydrogen-bond donors (Lipinski definition) is 2. The van der Waals surface area contributed by atoms with Crippen molar-refractivity contribution in [2.45, 2.75) is 84.0 Å². The van der Waals surface area contributed by atoms with Crippen LogP contribution >= 0.6 is 11.3 Å². The van der Waals surface area contributed by atoms with Crippen LogP contribution in [0.15, 0.2) is 45.3 Å². The molecule has 2 N–H and O–H groups in total. The molecule has 1 saturated carbocycles. The topological polar surface area (TPSA) is 106 Å². The van der Waals surface area contributed by atoms with Crippen LogP contribution in [0.4, 0.5) is 4.79 Å². The molecule has 1 fully saturated rings. The minimum absolute atomic E-state index is 0.181. The lowest BCUT2D eigenvalue weighted by Crippen LogP contribution is -2.16. The van der Waals surface area contributed by atoms with Crippen molar-refractivity contribution in [3.63, 3.8) is 0 Å². The van der Waals surface area contributed by atoms with Gasteiger partial charge in [0.05, 0.1) is 7.11 Å². The zero-order valence-electron chi connectivity index (χ0n) is 22.6. The van der Waals surface area contributed by atoms with E-state index in [0.29, 0.717) is 24.2 Å². The predicted octanol–water partition coefficient (Wildman–Crippen LogP) is 7.35. The second-order valence-electron chi connectivity index (χ2n) is 10.1. The minimum atomic E-state index is -0.845. The van der Waals surface area contributed by atoms with Crippen LogP contribution in [0.3, 0.4) is 0 Å². The maximum absolute atomic E-state index is 13.0. The summed E-state index contributed by atoms with van der Waals surface area (Å²) in [6.07, 6.45) is 16.0. The molecule has 2 heterocycles. The number of carbonyl (C=O) groups is 2. The molecule has 7 nitrogen and oxygen atoms in total. The highest BCUT2D eigenvalue weighted by atomic mass is 32.1. The minimum Gasteiger partial charge on any atom is -0.507 e. The molecule has 0 bridgehead atoms. The molecule has 1 aliphatic rings. The van der Waals surface area contributed by atoms with Gasteiger partial charge in [-0.15, -0.1) is 11.3 Å². The Hall–Kier alpha value is -3.13. The molecule has 1 aliphatic carbocycles. The third-order valence-corrected chi connectivity index (χ3v) is 8.19. The summed E-state index contributed by atoms with van der Waals surface area (Å²) in [6, 6.07) is 5.45. The highest BCUT2D eigenvalue weighted by Gasteiger charge is 2.22. The maximum Gasteiger partial charge on any atom is 0.410 e. The van der Waals surface area contributed by atoms with Crippen LogP contribution in [0.1, 0.15) is 103 Å². The monoisotopic (exact) mass is 541 g/mol. The molecule has 0 aromatic carbocycles. The van der Waals surface area contributed by atoms with E-state index in [9.17, 15) is 19.5 Å². The summed E-state index contributed by atoms with van der Waals surface area (Å²) in [5, 5.41) is 13.0. The van der Waals surface area contributed by atoms with Crippen LogP contribution in [-0.4, -0.2) is 24.1 Å². The first-order valence-corrected chi connectivity index (χ1v) is 14.3. The molecular weight excluding hydrogens is 502 g/mol. The highest BCUT2D eigenvalue weighted by Crippen LogP contribution is 2.30. The molecule has 8 heteroatoms. The lowest BCUT2D eigenvalue weighted by Gasteiger charge is -2.21. The zero-order valence-corrected chi connectivity index (χ0v) is 23.4. The van der Waals surface area contributed by atoms with Gasteiger partial charge in [0, 0.05) is 27.9 Å². The number of hydrogen-bond acceptors (Lipinski definition) is 7. The van der Waals surface area contributed by atoms with Crippen molar-refractivity contribution in [1.82, 2.24) is 5.32 Å². The molecule has 1 unspecified atom stereocenters. The van der Waals surface area contributed by atoms with Gasteiger partial charge in [-0.2, -0.15) is 0 Å². The number of Topliss-reactive ketones (excluding diaryl/α,β-unsaturated/α-hetero) is 1. The summed E-state index contributed by atoms with van der Waals surface area (Å²) in [6.45, 7) is 3.50. The molecule has 3 rings (SSSR count). The quantitative estimate of drug-likeness (QED) is 0.215. The van der Waals surface area contributed by atoms with Crippen molar-refractivity contribution < 1.29 is 23.8 Å². The van der Waals surface area contributed by atoms with E-state index in [2.05, 4.69) is 16.1 Å². The Kier molecular flexibility index (Phi) is 11.4. The number of aryl methyl sites for hydroxylation is 1. The largest absolute Gasteiger partial charge is 0.507 e. The number of methoxy groups -OCH3 is 1. The molecule has 0 aliphatic heterocycles. The Balaban J connectivity index is 1.58. The number of aromatic hydroxyl groups is 1. The number of allylic oxidation sites excluding steroid dienone is 2. The second-order valence-corrected chi connectivity index (χ2v) is 11.3. The average Bonchev–Trinajstić information content (AvgIpc) is 3.35. The number of alkyl carbamates (subject to hydrolysis) is 1. The highest BCUT2D eigenvalue weighted by molar-refractivity contribution is 7.12. The average molecular weight is 542 g/mol. The van der Waals surface area contributed by atoms with Gasteiger partial charge in [0.1, 0.15) is 17.1 Å². The second kappa shape index (κ2) is 14.7. The normalized spacial score (nSPS) is 15.5. The van der Waals surface area contributed by atoms with E-state index in [-0.39, 0.29) is 17.2 Å². The molecule has 0 spiro atoms. The van der Waals surface area contributed by atoms with Crippen LogP contribution in [0.5, 0.6) is 5.75 Å². The molecule has 2 aromatic heterocycles. The lowest BCUT2D eigenvalue weighted by atomic mass is 9.86. The van der Waals surface area contributed by atoms with Gasteiger partial charge >= 0.3 is 11.7 Å². The van der Waals surface area contributed by atoms with Crippen LogP contribution in [0.2, 0.25) is 0 Å². The summed E-state index contributed by atoms with van der Waals surface area (Å²) in [5.74, 6) is 0.0812. The van der Waals surface area contributed by atoms with Crippen LogP contribution in [0, 0.1) is 5.92 Å². The van der Waals surface area contributed by atoms with Gasteiger partial charge in [-0.3, -0.25) is 10.1 Å². The van der Waals surface area contributed by atoms with E-state index in [1.165, 1.54) is 69.2 Å². The van der Waals surface area contributed by atoms with E-state index in [0.717, 1.165) is 17.2 Å². The molecule has 1 atom stereocenters. The third kappa shape index (κ3) is 8.72. The molecule has 38 heavy (non-hydrogen) atoms. The molecule has 206 valence electrons. The first-order valence-electron chi connectivity index (χ1n) is 13.5. The van der Waals surface area contributed by atoms with Crippen molar-refractivity contribution >= 4 is 29.3 Å². The molecule has 1 amide bonds. The van der Waals surface area contributed by atoms with E-state index < -0.39 is 17.5 Å². The summed E-state index contributed by atoms with van der Waals surface area (Å²) in [5.41, 5.74) is -0.824. The molecule has 0 saturated heterocycles. The number of rotatable bonds is 12. The fourth-order valence-electron chi connectivity index (χ4n) is 4.83. The van der Waals surface area contributed by atoms with Crippen molar-refractivity contribution in [2.24, 2.45) is 5.92 Å². The Morgan fingerprint density at radius 3 is 2.74 bits per heavy atom. The number of thiophene rings is 1. The number of nitrogens with one attached hydrogen (secondary N) is 1. The van der Waals surface area contributed by atoms with Crippen LogP contribution in [0.25, 0.3) is 6.08 Å². The molecular formula is C30H39NO6S. The van der Waals surface area contributed by atoms with Gasteiger partial charge in [0.25, 0.3) is 0 Å². The standard InChI is InChI=1S/C30H39NO6S/c1-20(10-7-8-17-31-30(35)36-3)26-19-25(32)27(29(34)37-26)28(33)21(2)18-24-16-15-23(38-24)14-9-13-22-11-5-4-6-12-22/h8,15-20,22,32H,4-7,9-14H2,1-3H3,(H,31,35)/b17-8+,21-18+. The van der Waals surface area contributed by atoms with Crippen molar-refractivity contribution in [3.8, 4) is 5.75 Å². The summed E-state index contributed by atoms with van der Waals surface area (Å²) < 4.78 is 9.89. The number of amides is 1. The SMILES string of the molecule is COC(=O)N/C=C/CCC(C)c1cc(O)c(C(=O)/C(C)=C/c2ccc(CCCC3CCCCC3)s2)c(=O)o1. The number of ketones is 1. The maximum atomic E-state index is 13.0. The Bertz CT molecular complexity index is 1200. The van der Waals surface area contributed by atoms with Gasteiger partial charge < -0.3 is 14.3 Å². The first kappa shape index (κ1) is 29.4. The van der Waals surface area contributed by atoms with Gasteiger partial charge in [0.15, 0.2) is 5.78 Å². The van der Waals surface area contributed by atoms with E-state index >= 15 is 0 Å². The van der Waals surface area contributed by atoms with Crippen LogP contribution < -0.4 is 10.9 Å². The number of ether oxygens (including phenoxy) is 1. The third-order valence-electron chi connectivity index (χ3n) is 7.09. The van der Waals surface area contributed by atoms with Gasteiger partial charge in [-0.25, -0.2) is 9.59 Å². The van der Waals surface area contributed by atoms with Crippen molar-refractivity contribution in [2.75, 3.05) is 7.11 Å². The van der Waals surface area contributed by atoms with Gasteiger partial charge in [-0.1, -0.05) is 51.5 Å². The lowest BCUT2D eigenvalue weighted by molar-refractivity contribution is 0.102. The Morgan fingerprint density at radius 2 is 2.03 bits per heavy atom. The van der Waals surface area contributed by atoms with E-state index in [1.54, 1.807) is 30.4 Å². The van der Waals surface area contributed by atoms with Gasteiger partial charge in [0.2, 0.25) is 0 Å². The summed E-state index contributed by atoms with van der Waals surface area (Å²) in [4.78, 5) is 39.0. The fraction of sp³-hybridized carbons (Fsp3) is 0.500.